The van der Waals surface area contributed by atoms with Crippen LogP contribution in [0.4, 0.5) is 13.2 Å². The molecule has 0 saturated heterocycles. The number of alkyl halides is 3. The molecule has 166 valence electrons. The first kappa shape index (κ1) is 22.8. The molecule has 0 radical (unpaired) electrons. The zero-order valence-corrected chi connectivity index (χ0v) is 18.3. The molecule has 0 aliphatic heterocycles. The molecule has 30 heavy (non-hydrogen) atoms. The molecular weight excluding hydrogens is 415 g/mol. The largest absolute Gasteiger partial charge is 0.416 e. The van der Waals surface area contributed by atoms with Gasteiger partial charge in [0.1, 0.15) is 5.82 Å². The van der Waals surface area contributed by atoms with Crippen LogP contribution < -0.4 is 0 Å². The molecule has 0 amide bonds. The second-order valence-electron chi connectivity index (χ2n) is 7.90. The van der Waals surface area contributed by atoms with E-state index in [-0.39, 0.29) is 11.6 Å². The number of nitrogens with zero attached hydrogens (tertiary/aromatic N) is 3. The number of rotatable bonds is 9. The van der Waals surface area contributed by atoms with Crippen LogP contribution in [0, 0.1) is 5.92 Å². The van der Waals surface area contributed by atoms with Gasteiger partial charge in [-0.25, -0.2) is 13.4 Å². The summed E-state index contributed by atoms with van der Waals surface area (Å²) in [6.07, 6.45) is 0.520. The van der Waals surface area contributed by atoms with E-state index in [1.807, 2.05) is 11.5 Å². The lowest BCUT2D eigenvalue weighted by atomic mass is 10.0. The number of benzene rings is 1. The molecule has 1 aliphatic rings. The molecule has 1 aliphatic carbocycles. The minimum absolute atomic E-state index is 0.0427. The molecule has 1 heterocycles. The molecule has 0 N–H and O–H groups in total. The summed E-state index contributed by atoms with van der Waals surface area (Å²) >= 11 is 0. The Balaban J connectivity index is 1.78. The van der Waals surface area contributed by atoms with Crippen molar-refractivity contribution in [3.05, 3.63) is 47.4 Å². The highest BCUT2D eigenvalue weighted by atomic mass is 32.2. The van der Waals surface area contributed by atoms with Crippen molar-refractivity contribution in [3.63, 3.8) is 0 Å². The van der Waals surface area contributed by atoms with Gasteiger partial charge in [-0.1, -0.05) is 26.0 Å². The molecular formula is C21H28F3N3O2S. The smallest absolute Gasteiger partial charge is 0.333 e. The summed E-state index contributed by atoms with van der Waals surface area (Å²) in [5.41, 5.74) is -0.0650. The van der Waals surface area contributed by atoms with Gasteiger partial charge >= 0.3 is 6.18 Å². The normalized spacial score (nSPS) is 16.2. The highest BCUT2D eigenvalue weighted by molar-refractivity contribution is 7.89. The highest BCUT2D eigenvalue weighted by Gasteiger charge is 2.33. The average Bonchev–Trinajstić information content (AvgIpc) is 3.38. The van der Waals surface area contributed by atoms with Crippen LogP contribution in [-0.4, -0.2) is 34.9 Å². The van der Waals surface area contributed by atoms with Crippen molar-refractivity contribution in [2.75, 3.05) is 6.54 Å². The maximum absolute atomic E-state index is 13.3. The Morgan fingerprint density at radius 2 is 1.83 bits per heavy atom. The van der Waals surface area contributed by atoms with E-state index in [1.165, 1.54) is 16.4 Å². The Kier molecular flexibility index (Phi) is 6.62. The van der Waals surface area contributed by atoms with Gasteiger partial charge in [0.25, 0.3) is 10.0 Å². The first-order valence-corrected chi connectivity index (χ1v) is 11.7. The summed E-state index contributed by atoms with van der Waals surface area (Å²) in [5, 5.41) is 0.0427. The fraction of sp³-hybridized carbons (Fsp3) is 0.571. The first-order chi connectivity index (χ1) is 14.1. The second kappa shape index (κ2) is 8.70. The molecule has 2 aromatic rings. The summed E-state index contributed by atoms with van der Waals surface area (Å²) in [5.74, 6) is 1.35. The van der Waals surface area contributed by atoms with Crippen LogP contribution in [0.3, 0.4) is 0 Å². The zero-order valence-electron chi connectivity index (χ0n) is 17.5. The summed E-state index contributed by atoms with van der Waals surface area (Å²) < 4.78 is 68.1. The predicted octanol–water partition coefficient (Wildman–Crippen LogP) is 4.52. The van der Waals surface area contributed by atoms with Gasteiger partial charge in [0.15, 0.2) is 5.03 Å². The fourth-order valence-electron chi connectivity index (χ4n) is 3.68. The minimum Gasteiger partial charge on any atom is -0.333 e. The summed E-state index contributed by atoms with van der Waals surface area (Å²) in [6.45, 7) is 6.51. The Morgan fingerprint density at radius 1 is 1.20 bits per heavy atom. The van der Waals surface area contributed by atoms with E-state index in [9.17, 15) is 21.6 Å². The van der Waals surface area contributed by atoms with Gasteiger partial charge < -0.3 is 4.57 Å². The number of aryl methyl sites for hydroxylation is 1. The summed E-state index contributed by atoms with van der Waals surface area (Å²) in [7, 11) is -3.81. The van der Waals surface area contributed by atoms with Gasteiger partial charge in [0, 0.05) is 31.7 Å². The molecule has 1 fully saturated rings. The van der Waals surface area contributed by atoms with Crippen molar-refractivity contribution in [1.29, 1.82) is 0 Å². The molecule has 1 atom stereocenters. The van der Waals surface area contributed by atoms with Crippen molar-refractivity contribution in [2.24, 2.45) is 5.92 Å². The van der Waals surface area contributed by atoms with Gasteiger partial charge in [-0.2, -0.15) is 17.5 Å². The Bertz CT molecular complexity index is 964. The Labute approximate surface area is 176 Å². The topological polar surface area (TPSA) is 55.2 Å². The van der Waals surface area contributed by atoms with E-state index in [4.69, 9.17) is 0 Å². The van der Waals surface area contributed by atoms with Gasteiger partial charge in [-0.05, 0) is 49.8 Å². The van der Waals surface area contributed by atoms with E-state index in [0.717, 1.165) is 37.3 Å². The molecule has 0 bridgehead atoms. The van der Waals surface area contributed by atoms with E-state index in [0.29, 0.717) is 24.3 Å². The van der Waals surface area contributed by atoms with Crippen molar-refractivity contribution in [2.45, 2.75) is 70.2 Å². The van der Waals surface area contributed by atoms with Crippen LogP contribution in [0.25, 0.3) is 0 Å². The predicted molar refractivity (Wildman–Crippen MR) is 109 cm³/mol. The number of sulfonamides is 1. The van der Waals surface area contributed by atoms with E-state index >= 15 is 0 Å². The highest BCUT2D eigenvalue weighted by Crippen LogP contribution is 2.32. The molecule has 0 spiro atoms. The number of aromatic nitrogens is 2. The maximum atomic E-state index is 13.3. The van der Waals surface area contributed by atoms with Crippen LogP contribution in [0.2, 0.25) is 0 Å². The monoisotopic (exact) mass is 443 g/mol. The molecule has 1 aromatic carbocycles. The molecule has 5 nitrogen and oxygen atoms in total. The lowest BCUT2D eigenvalue weighted by Gasteiger charge is -2.26. The van der Waals surface area contributed by atoms with Crippen molar-refractivity contribution < 1.29 is 21.6 Å². The summed E-state index contributed by atoms with van der Waals surface area (Å²) in [6, 6.07) is 4.44. The van der Waals surface area contributed by atoms with E-state index in [1.54, 1.807) is 20.0 Å². The fourth-order valence-corrected chi connectivity index (χ4v) is 5.29. The zero-order chi connectivity index (χ0) is 22.1. The van der Waals surface area contributed by atoms with Crippen molar-refractivity contribution in [1.82, 2.24) is 13.9 Å². The van der Waals surface area contributed by atoms with Gasteiger partial charge in [-0.3, -0.25) is 0 Å². The minimum atomic E-state index is -4.39. The molecule has 9 heteroatoms. The second-order valence-corrected chi connectivity index (χ2v) is 9.74. The lowest BCUT2D eigenvalue weighted by Crippen LogP contribution is -2.39. The van der Waals surface area contributed by atoms with Crippen LogP contribution in [-0.2, 0) is 35.6 Å². The van der Waals surface area contributed by atoms with Crippen molar-refractivity contribution in [3.8, 4) is 0 Å². The molecule has 3 rings (SSSR count). The standard InChI is InChI=1S/C21H28F3N3O2S/c1-4-19-25-20(14-26(19)13-17-6-7-17)30(28,29)27(5-2)15(3)12-16-8-10-18(11-9-16)21(22,23)24/h8-11,14-15,17H,4-7,12-13H2,1-3H3. The molecule has 1 aromatic heterocycles. The maximum Gasteiger partial charge on any atom is 0.416 e. The summed E-state index contributed by atoms with van der Waals surface area (Å²) in [4.78, 5) is 4.39. The third-order valence-corrected chi connectivity index (χ3v) is 7.45. The lowest BCUT2D eigenvalue weighted by molar-refractivity contribution is -0.137. The average molecular weight is 444 g/mol. The van der Waals surface area contributed by atoms with Gasteiger partial charge in [0.05, 0.1) is 5.56 Å². The SMILES string of the molecule is CCc1nc(S(=O)(=O)N(CC)C(C)Cc2ccc(C(F)(F)F)cc2)cn1CC1CC1. The Hall–Kier alpha value is -1.87. The van der Waals surface area contributed by atoms with Crippen molar-refractivity contribution >= 4 is 10.0 Å². The van der Waals surface area contributed by atoms with Gasteiger partial charge in [0.2, 0.25) is 0 Å². The number of likely N-dealkylation sites (N-methyl/N-ethyl adjacent to an activating group) is 1. The van der Waals surface area contributed by atoms with Crippen LogP contribution in [0.15, 0.2) is 35.5 Å². The van der Waals surface area contributed by atoms with Gasteiger partial charge in [-0.15, -0.1) is 0 Å². The van der Waals surface area contributed by atoms with Crippen LogP contribution in [0.5, 0.6) is 0 Å². The Morgan fingerprint density at radius 3 is 2.33 bits per heavy atom. The number of hydrogen-bond donors (Lipinski definition) is 0. The number of imidazole rings is 1. The number of halogens is 3. The first-order valence-electron chi connectivity index (χ1n) is 10.3. The third kappa shape index (κ3) is 5.06. The van der Waals surface area contributed by atoms with E-state index in [2.05, 4.69) is 4.98 Å². The molecule has 1 saturated carbocycles. The third-order valence-electron chi connectivity index (χ3n) is 5.49. The quantitative estimate of drug-likeness (QED) is 0.573. The number of hydrogen-bond acceptors (Lipinski definition) is 3. The van der Waals surface area contributed by atoms with Crippen LogP contribution >= 0.6 is 0 Å². The van der Waals surface area contributed by atoms with Crippen LogP contribution in [0.1, 0.15) is 50.6 Å². The molecule has 1 unspecified atom stereocenters. The van der Waals surface area contributed by atoms with E-state index < -0.39 is 27.8 Å².